The van der Waals surface area contributed by atoms with E-state index in [1.807, 2.05) is 60.7 Å². The molecule has 1 amide bonds. The zero-order valence-electron chi connectivity index (χ0n) is 18.2. The van der Waals surface area contributed by atoms with Crippen LogP contribution in [0.1, 0.15) is 25.0 Å². The number of carbonyl (C=O) groups is 2. The van der Waals surface area contributed by atoms with Gasteiger partial charge < -0.3 is 29.4 Å². The maximum absolute atomic E-state index is 11.9. The van der Waals surface area contributed by atoms with Gasteiger partial charge >= 0.3 is 5.97 Å². The van der Waals surface area contributed by atoms with Crippen molar-refractivity contribution in [2.24, 2.45) is 0 Å². The number of benzene rings is 2. The number of carbonyl (C=O) groups excluding carboxylic acids is 2. The highest BCUT2D eigenvalue weighted by Gasteiger charge is 2.47. The molecule has 0 spiro atoms. The molecule has 1 heterocycles. The van der Waals surface area contributed by atoms with E-state index in [9.17, 15) is 14.7 Å². The summed E-state index contributed by atoms with van der Waals surface area (Å²) in [7, 11) is 0. The van der Waals surface area contributed by atoms with Crippen LogP contribution in [-0.2, 0) is 41.8 Å². The van der Waals surface area contributed by atoms with Crippen molar-refractivity contribution in [3.8, 4) is 0 Å². The second kappa shape index (κ2) is 11.7. The van der Waals surface area contributed by atoms with Crippen LogP contribution in [0.3, 0.4) is 0 Å². The van der Waals surface area contributed by atoms with E-state index < -0.39 is 36.6 Å². The molecule has 32 heavy (non-hydrogen) atoms. The second-order valence-electron chi connectivity index (χ2n) is 7.62. The molecule has 8 nitrogen and oxygen atoms in total. The van der Waals surface area contributed by atoms with Crippen molar-refractivity contribution in [2.75, 3.05) is 6.61 Å². The number of hydrogen-bond acceptors (Lipinski definition) is 7. The third-order valence-corrected chi connectivity index (χ3v) is 5.06. The molecule has 2 N–H and O–H groups in total. The number of amides is 1. The van der Waals surface area contributed by atoms with Crippen LogP contribution in [0.25, 0.3) is 0 Å². The summed E-state index contributed by atoms with van der Waals surface area (Å²) in [5.41, 5.74) is 1.84. The van der Waals surface area contributed by atoms with Gasteiger partial charge in [-0.2, -0.15) is 0 Å². The van der Waals surface area contributed by atoms with Crippen LogP contribution in [0.15, 0.2) is 60.7 Å². The van der Waals surface area contributed by atoms with Gasteiger partial charge in [0.2, 0.25) is 5.91 Å². The van der Waals surface area contributed by atoms with Crippen molar-refractivity contribution in [1.29, 1.82) is 0 Å². The molecule has 2 aromatic carbocycles. The van der Waals surface area contributed by atoms with Gasteiger partial charge in [-0.15, -0.1) is 0 Å². The molecule has 0 aromatic heterocycles. The fourth-order valence-electron chi connectivity index (χ4n) is 3.58. The molecular weight excluding hydrogens is 414 g/mol. The van der Waals surface area contributed by atoms with E-state index in [0.717, 1.165) is 11.1 Å². The first-order valence-corrected chi connectivity index (χ1v) is 10.5. The number of aliphatic hydroxyl groups excluding tert-OH is 1. The maximum atomic E-state index is 11.9. The summed E-state index contributed by atoms with van der Waals surface area (Å²) in [4.78, 5) is 23.3. The summed E-state index contributed by atoms with van der Waals surface area (Å²) in [6.07, 6.45) is -3.79. The van der Waals surface area contributed by atoms with Crippen molar-refractivity contribution in [3.05, 3.63) is 71.8 Å². The van der Waals surface area contributed by atoms with Gasteiger partial charge in [0.25, 0.3) is 0 Å². The Hall–Kier alpha value is -2.78. The van der Waals surface area contributed by atoms with E-state index in [2.05, 4.69) is 5.32 Å². The molecule has 0 unspecified atom stereocenters. The highest BCUT2D eigenvalue weighted by atomic mass is 16.7. The minimum absolute atomic E-state index is 0.145. The van der Waals surface area contributed by atoms with Crippen LogP contribution in [-0.4, -0.2) is 54.2 Å². The topological polar surface area (TPSA) is 103 Å². The number of nitrogens with one attached hydrogen (secondary N) is 1. The molecule has 0 saturated carbocycles. The lowest BCUT2D eigenvalue weighted by Gasteiger charge is -2.44. The van der Waals surface area contributed by atoms with Gasteiger partial charge in [-0.3, -0.25) is 9.59 Å². The minimum atomic E-state index is -1.34. The van der Waals surface area contributed by atoms with Crippen LogP contribution in [0.2, 0.25) is 0 Å². The normalized spacial score (nSPS) is 25.2. The molecule has 5 atom stereocenters. The Kier molecular flexibility index (Phi) is 8.75. The molecule has 1 saturated heterocycles. The molecule has 0 aliphatic carbocycles. The zero-order valence-corrected chi connectivity index (χ0v) is 18.2. The van der Waals surface area contributed by atoms with Gasteiger partial charge in [0.1, 0.15) is 24.9 Å². The largest absolute Gasteiger partial charge is 0.463 e. The summed E-state index contributed by atoms with van der Waals surface area (Å²) < 4.78 is 23.0. The lowest BCUT2D eigenvalue weighted by Crippen LogP contribution is -2.65. The van der Waals surface area contributed by atoms with Gasteiger partial charge in [0, 0.05) is 13.8 Å². The van der Waals surface area contributed by atoms with Crippen LogP contribution in [0, 0.1) is 0 Å². The van der Waals surface area contributed by atoms with Gasteiger partial charge in [0.15, 0.2) is 6.29 Å². The third kappa shape index (κ3) is 6.86. The molecule has 0 bridgehead atoms. The SMILES string of the molecule is CC(=O)N[C@@H]1[C@H](OCc2ccccc2)[C@@H](OCc2ccccc2)[C@@H](O)O[C@@H]1COC(C)=O. The first-order valence-electron chi connectivity index (χ1n) is 10.5. The molecule has 1 aliphatic heterocycles. The molecule has 172 valence electrons. The fourth-order valence-corrected chi connectivity index (χ4v) is 3.58. The molecule has 1 aliphatic rings. The van der Waals surface area contributed by atoms with Crippen molar-refractivity contribution in [3.63, 3.8) is 0 Å². The van der Waals surface area contributed by atoms with Gasteiger partial charge in [0.05, 0.1) is 19.3 Å². The predicted octanol–water partition coefficient (Wildman–Crippen LogP) is 1.94. The second-order valence-corrected chi connectivity index (χ2v) is 7.62. The quantitative estimate of drug-likeness (QED) is 0.571. The van der Waals surface area contributed by atoms with Crippen LogP contribution < -0.4 is 5.32 Å². The van der Waals surface area contributed by atoms with E-state index in [0.29, 0.717) is 0 Å². The fraction of sp³-hybridized carbons (Fsp3) is 0.417. The van der Waals surface area contributed by atoms with Crippen LogP contribution in [0.4, 0.5) is 0 Å². The van der Waals surface area contributed by atoms with E-state index in [1.165, 1.54) is 13.8 Å². The third-order valence-electron chi connectivity index (χ3n) is 5.06. The van der Waals surface area contributed by atoms with Crippen LogP contribution >= 0.6 is 0 Å². The van der Waals surface area contributed by atoms with Gasteiger partial charge in [-0.05, 0) is 11.1 Å². The van der Waals surface area contributed by atoms with Crippen molar-refractivity contribution in [1.82, 2.24) is 5.32 Å². The average molecular weight is 443 g/mol. The Labute approximate surface area is 187 Å². The first-order chi connectivity index (χ1) is 15.4. The van der Waals surface area contributed by atoms with E-state index in [4.69, 9.17) is 18.9 Å². The minimum Gasteiger partial charge on any atom is -0.463 e. The smallest absolute Gasteiger partial charge is 0.302 e. The maximum Gasteiger partial charge on any atom is 0.302 e. The number of esters is 1. The zero-order chi connectivity index (χ0) is 22.9. The monoisotopic (exact) mass is 443 g/mol. The molecule has 2 aromatic rings. The lowest BCUT2D eigenvalue weighted by atomic mass is 9.95. The number of hydrogen-bond donors (Lipinski definition) is 2. The van der Waals surface area contributed by atoms with Crippen LogP contribution in [0.5, 0.6) is 0 Å². The van der Waals surface area contributed by atoms with Crippen molar-refractivity contribution in [2.45, 2.75) is 57.7 Å². The van der Waals surface area contributed by atoms with E-state index >= 15 is 0 Å². The van der Waals surface area contributed by atoms with Gasteiger partial charge in [-0.25, -0.2) is 0 Å². The molecule has 0 radical (unpaired) electrons. The highest BCUT2D eigenvalue weighted by molar-refractivity contribution is 5.73. The Balaban J connectivity index is 1.82. The van der Waals surface area contributed by atoms with Crippen molar-refractivity contribution >= 4 is 11.9 Å². The standard InChI is InChI=1S/C24H29NO7/c1-16(26)25-21-20(15-29-17(2)27)32-24(28)23(31-14-19-11-7-4-8-12-19)22(21)30-13-18-9-5-3-6-10-18/h3-12,20-24,28H,13-15H2,1-2H3,(H,25,26)/t20-,21+,22+,23-,24+/m1/s1. The number of rotatable bonds is 9. The van der Waals surface area contributed by atoms with Crippen molar-refractivity contribution < 1.29 is 33.6 Å². The number of ether oxygens (including phenoxy) is 4. The Morgan fingerprint density at radius 1 is 0.906 bits per heavy atom. The molecule has 3 rings (SSSR count). The summed E-state index contributed by atoms with van der Waals surface area (Å²) in [5, 5.41) is 13.5. The molecule has 8 heteroatoms. The van der Waals surface area contributed by atoms with Gasteiger partial charge in [-0.1, -0.05) is 60.7 Å². The number of aliphatic hydroxyl groups is 1. The first kappa shape index (κ1) is 23.9. The average Bonchev–Trinajstić information content (AvgIpc) is 2.78. The Morgan fingerprint density at radius 3 is 1.94 bits per heavy atom. The Bertz CT molecular complexity index is 861. The highest BCUT2D eigenvalue weighted by Crippen LogP contribution is 2.27. The Morgan fingerprint density at radius 2 is 1.44 bits per heavy atom. The predicted molar refractivity (Wildman–Crippen MR) is 115 cm³/mol. The molecular formula is C24H29NO7. The van der Waals surface area contributed by atoms with E-state index in [1.54, 1.807) is 0 Å². The summed E-state index contributed by atoms with van der Waals surface area (Å²) in [5.74, 6) is -0.799. The summed E-state index contributed by atoms with van der Waals surface area (Å²) >= 11 is 0. The lowest BCUT2D eigenvalue weighted by molar-refractivity contribution is -0.285. The molecule has 1 fully saturated rings. The summed E-state index contributed by atoms with van der Waals surface area (Å²) in [6, 6.07) is 18.3. The summed E-state index contributed by atoms with van der Waals surface area (Å²) in [6.45, 7) is 2.97. The van der Waals surface area contributed by atoms with E-state index in [-0.39, 0.29) is 25.7 Å².